The first-order chi connectivity index (χ1) is 13.3. The summed E-state index contributed by atoms with van der Waals surface area (Å²) in [5.74, 6) is 0.854. The molecule has 0 heterocycles. The van der Waals surface area contributed by atoms with Crippen molar-refractivity contribution in [3.63, 3.8) is 0 Å². The maximum Gasteiger partial charge on any atom is 0.243 e. The number of hydrogen-bond donors (Lipinski definition) is 2. The van der Waals surface area contributed by atoms with E-state index in [-0.39, 0.29) is 54.0 Å². The second-order valence-corrected chi connectivity index (χ2v) is 7.57. The molecule has 0 radical (unpaired) electrons. The summed E-state index contributed by atoms with van der Waals surface area (Å²) in [5, 5.41) is 6.34. The molecule has 162 valence electrons. The number of halogens is 2. The molecule has 0 aromatic heterocycles. The largest absolute Gasteiger partial charge is 0.490 e. The maximum absolute atomic E-state index is 14.4. The summed E-state index contributed by atoms with van der Waals surface area (Å²) in [6, 6.07) is 4.77. The Bertz CT molecular complexity index is 735. The van der Waals surface area contributed by atoms with Crippen LogP contribution < -0.4 is 15.4 Å². The molecule has 8 heteroatoms. The normalized spacial score (nSPS) is 14.4. The zero-order valence-electron chi connectivity index (χ0n) is 17.6. The number of hydrogen-bond acceptors (Lipinski definition) is 3. The van der Waals surface area contributed by atoms with Crippen molar-refractivity contribution in [2.24, 2.45) is 10.9 Å². The Hall–Kier alpha value is -1.84. The van der Waals surface area contributed by atoms with Gasteiger partial charge >= 0.3 is 0 Å². The molecule has 1 aromatic carbocycles. The molecule has 2 N–H and O–H groups in total. The maximum atomic E-state index is 14.4. The molecule has 0 saturated heterocycles. The number of carbonyl (C=O) groups is 1. The predicted octanol–water partition coefficient (Wildman–Crippen LogP) is 3.49. The van der Waals surface area contributed by atoms with Gasteiger partial charge in [-0.15, -0.1) is 24.0 Å². The van der Waals surface area contributed by atoms with E-state index in [0.29, 0.717) is 25.0 Å². The minimum absolute atomic E-state index is 0. The lowest BCUT2D eigenvalue weighted by Gasteiger charge is -2.20. The number of guanidine groups is 1. The number of benzene rings is 1. The summed E-state index contributed by atoms with van der Waals surface area (Å²) < 4.78 is 19.9. The summed E-state index contributed by atoms with van der Waals surface area (Å²) in [6.07, 6.45) is 2.33. The summed E-state index contributed by atoms with van der Waals surface area (Å²) in [4.78, 5) is 17.6. The van der Waals surface area contributed by atoms with Crippen LogP contribution in [0.3, 0.4) is 0 Å². The van der Waals surface area contributed by atoms with Gasteiger partial charge in [0.05, 0.1) is 12.6 Å². The van der Waals surface area contributed by atoms with E-state index in [0.717, 1.165) is 24.0 Å². The molecule has 1 fully saturated rings. The molecule has 1 unspecified atom stereocenters. The van der Waals surface area contributed by atoms with Crippen molar-refractivity contribution in [3.8, 4) is 5.75 Å². The molecule has 1 saturated carbocycles. The fourth-order valence-electron chi connectivity index (χ4n) is 2.36. The number of carbonyl (C=O) groups excluding carboxylic acids is 1. The van der Waals surface area contributed by atoms with Crippen LogP contribution in [-0.2, 0) is 4.79 Å². The van der Waals surface area contributed by atoms with Gasteiger partial charge < -0.3 is 20.3 Å². The third-order valence-electron chi connectivity index (χ3n) is 4.41. The molecular formula is C21H32FIN4O2. The quantitative estimate of drug-likeness (QED) is 0.228. The predicted molar refractivity (Wildman–Crippen MR) is 125 cm³/mol. The van der Waals surface area contributed by atoms with Gasteiger partial charge in [-0.05, 0) is 50.3 Å². The van der Waals surface area contributed by atoms with E-state index in [1.54, 1.807) is 20.2 Å². The van der Waals surface area contributed by atoms with Crippen molar-refractivity contribution in [1.82, 2.24) is 15.5 Å². The average molecular weight is 518 g/mol. The van der Waals surface area contributed by atoms with Crippen molar-refractivity contribution in [1.29, 1.82) is 0 Å². The van der Waals surface area contributed by atoms with Crippen molar-refractivity contribution in [2.45, 2.75) is 32.7 Å². The van der Waals surface area contributed by atoms with Crippen LogP contribution in [0, 0.1) is 11.7 Å². The fourth-order valence-corrected chi connectivity index (χ4v) is 2.36. The SMILES string of the molecule is C=C(C)CNC(=NCC(=O)N(C)C)NC(C)c1ccc(OCC2CC2)c(F)c1.I. The van der Waals surface area contributed by atoms with Gasteiger partial charge in [-0.1, -0.05) is 18.2 Å². The summed E-state index contributed by atoms with van der Waals surface area (Å²) in [7, 11) is 3.37. The third kappa shape index (κ3) is 9.01. The highest BCUT2D eigenvalue weighted by molar-refractivity contribution is 14.0. The first-order valence-electron chi connectivity index (χ1n) is 9.58. The van der Waals surface area contributed by atoms with Gasteiger partial charge in [-0.25, -0.2) is 9.38 Å². The van der Waals surface area contributed by atoms with Crippen molar-refractivity contribution in [2.75, 3.05) is 33.8 Å². The Morgan fingerprint density at radius 3 is 2.66 bits per heavy atom. The Kier molecular flexibility index (Phi) is 10.4. The first kappa shape index (κ1) is 25.2. The van der Waals surface area contributed by atoms with E-state index in [2.05, 4.69) is 22.2 Å². The summed E-state index contributed by atoms with van der Waals surface area (Å²) >= 11 is 0. The molecule has 1 aromatic rings. The van der Waals surface area contributed by atoms with Gasteiger partial charge in [0.15, 0.2) is 17.5 Å². The van der Waals surface area contributed by atoms with Crippen LogP contribution in [0.4, 0.5) is 4.39 Å². The Labute approximate surface area is 190 Å². The second-order valence-electron chi connectivity index (χ2n) is 7.57. The van der Waals surface area contributed by atoms with E-state index in [4.69, 9.17) is 4.74 Å². The van der Waals surface area contributed by atoms with E-state index in [1.807, 2.05) is 19.9 Å². The van der Waals surface area contributed by atoms with E-state index in [9.17, 15) is 9.18 Å². The lowest BCUT2D eigenvalue weighted by atomic mass is 10.1. The number of nitrogens with one attached hydrogen (secondary N) is 2. The highest BCUT2D eigenvalue weighted by atomic mass is 127. The van der Waals surface area contributed by atoms with Gasteiger partial charge in [-0.3, -0.25) is 4.79 Å². The molecule has 0 bridgehead atoms. The molecule has 6 nitrogen and oxygen atoms in total. The number of likely N-dealkylation sites (N-methyl/N-ethyl adjacent to an activating group) is 1. The molecule has 0 spiro atoms. The van der Waals surface area contributed by atoms with Crippen molar-refractivity contribution >= 4 is 35.8 Å². The van der Waals surface area contributed by atoms with Gasteiger partial charge in [0.25, 0.3) is 0 Å². The van der Waals surface area contributed by atoms with Gasteiger partial charge in [0.1, 0.15) is 6.54 Å². The smallest absolute Gasteiger partial charge is 0.243 e. The van der Waals surface area contributed by atoms with Crippen LogP contribution >= 0.6 is 24.0 Å². The number of aliphatic imine (C=N–C) groups is 1. The standard InChI is InChI=1S/C21H31FN4O2.HI/c1-14(2)11-23-21(24-12-20(27)26(4)5)25-15(3)17-8-9-19(18(22)10-17)28-13-16-6-7-16;/h8-10,15-16H,1,6-7,11-13H2,2-5H3,(H2,23,24,25);1H. The Morgan fingerprint density at radius 2 is 2.10 bits per heavy atom. The van der Waals surface area contributed by atoms with E-state index >= 15 is 0 Å². The van der Waals surface area contributed by atoms with Crippen LogP contribution in [0.5, 0.6) is 5.75 Å². The Balaban J connectivity index is 0.00000420. The van der Waals surface area contributed by atoms with Crippen molar-refractivity contribution in [3.05, 3.63) is 41.7 Å². The molecule has 1 atom stereocenters. The lowest BCUT2D eigenvalue weighted by molar-refractivity contribution is -0.127. The lowest BCUT2D eigenvalue weighted by Crippen LogP contribution is -2.40. The molecular weight excluding hydrogens is 486 g/mol. The summed E-state index contributed by atoms with van der Waals surface area (Å²) in [6.45, 7) is 8.79. The number of amides is 1. The molecule has 1 aliphatic carbocycles. The van der Waals surface area contributed by atoms with E-state index < -0.39 is 0 Å². The Morgan fingerprint density at radius 1 is 1.41 bits per heavy atom. The summed E-state index contributed by atoms with van der Waals surface area (Å²) in [5.41, 5.74) is 1.70. The highest BCUT2D eigenvalue weighted by Gasteiger charge is 2.22. The molecule has 29 heavy (non-hydrogen) atoms. The number of rotatable bonds is 9. The second kappa shape index (κ2) is 12.0. The van der Waals surface area contributed by atoms with Crippen LogP contribution in [-0.4, -0.2) is 50.6 Å². The van der Waals surface area contributed by atoms with Crippen molar-refractivity contribution < 1.29 is 13.9 Å². The van der Waals surface area contributed by atoms with Crippen LogP contribution in [0.25, 0.3) is 0 Å². The van der Waals surface area contributed by atoms with E-state index in [1.165, 1.54) is 11.0 Å². The monoisotopic (exact) mass is 518 g/mol. The topological polar surface area (TPSA) is 66.0 Å². The third-order valence-corrected chi connectivity index (χ3v) is 4.41. The number of ether oxygens (including phenoxy) is 1. The minimum Gasteiger partial charge on any atom is -0.490 e. The zero-order chi connectivity index (χ0) is 20.7. The van der Waals surface area contributed by atoms with Crippen LogP contribution in [0.2, 0.25) is 0 Å². The highest BCUT2D eigenvalue weighted by Crippen LogP contribution is 2.30. The van der Waals surface area contributed by atoms with Gasteiger partial charge in [0.2, 0.25) is 5.91 Å². The van der Waals surface area contributed by atoms with Crippen LogP contribution in [0.1, 0.15) is 38.3 Å². The molecule has 2 rings (SSSR count). The average Bonchev–Trinajstić information content (AvgIpc) is 3.46. The molecule has 0 aliphatic heterocycles. The van der Waals surface area contributed by atoms with Gasteiger partial charge in [-0.2, -0.15) is 0 Å². The molecule has 1 aliphatic rings. The van der Waals surface area contributed by atoms with Gasteiger partial charge in [0, 0.05) is 20.6 Å². The molecule has 1 amide bonds. The fraction of sp³-hybridized carbons (Fsp3) is 0.524. The minimum atomic E-state index is -0.372. The number of nitrogens with zero attached hydrogens (tertiary/aromatic N) is 2. The zero-order valence-corrected chi connectivity index (χ0v) is 20.0. The van der Waals surface area contributed by atoms with Crippen LogP contribution in [0.15, 0.2) is 35.3 Å². The first-order valence-corrected chi connectivity index (χ1v) is 9.58.